The van der Waals surface area contributed by atoms with Crippen LogP contribution in [0.1, 0.15) is 0 Å². The Morgan fingerprint density at radius 3 is 1.62 bits per heavy atom. The molecule has 0 aliphatic rings. The van der Waals surface area contributed by atoms with Crippen LogP contribution in [0.5, 0.6) is 0 Å². The highest BCUT2D eigenvalue weighted by Crippen LogP contribution is 2.37. The van der Waals surface area contributed by atoms with E-state index < -0.39 is 19.3 Å². The number of carbonyl (C=O) groups is 1. The van der Waals surface area contributed by atoms with E-state index in [2.05, 4.69) is 5.73 Å². The molecule has 0 aromatic rings. The average Bonchev–Trinajstić information content (AvgIpc) is 1.82. The van der Waals surface area contributed by atoms with Gasteiger partial charge in [0, 0.05) is 0 Å². The van der Waals surface area contributed by atoms with Gasteiger partial charge < -0.3 is 25.5 Å². The first-order chi connectivity index (χ1) is 5.59. The summed E-state index contributed by atoms with van der Waals surface area (Å²) in [4.78, 5) is 27.9. The molecule has 0 rings (SSSR count). The molecule has 0 radical (unpaired) electrons. The van der Waals surface area contributed by atoms with E-state index in [1.54, 1.807) is 0 Å². The molecule has 0 heterocycles. The van der Waals surface area contributed by atoms with Crippen LogP contribution in [0, 0.1) is 0 Å². The zero-order valence-electron chi connectivity index (χ0n) is 7.71. The van der Waals surface area contributed by atoms with Crippen LogP contribution >= 0.6 is 7.60 Å². The van der Waals surface area contributed by atoms with E-state index in [1.165, 1.54) is 0 Å². The number of hydrogen-bond acceptors (Lipinski definition) is 4. The SMILES string of the molecule is CN(C)C.NC(C(=O)O)P(=O)(O)O. The molecule has 7 nitrogen and oxygen atoms in total. The maximum absolute atomic E-state index is 9.96. The molecule has 0 fully saturated rings. The summed E-state index contributed by atoms with van der Waals surface area (Å²) in [7, 11) is 1.37. The molecule has 1 atom stereocenters. The Morgan fingerprint density at radius 2 is 1.62 bits per heavy atom. The molecule has 0 bridgehead atoms. The Labute approximate surface area is 76.3 Å². The number of hydrogen-bond donors (Lipinski definition) is 4. The highest BCUT2D eigenvalue weighted by molar-refractivity contribution is 7.53. The maximum Gasteiger partial charge on any atom is 0.353 e. The van der Waals surface area contributed by atoms with Gasteiger partial charge in [0.15, 0.2) is 0 Å². The molecular weight excluding hydrogens is 199 g/mol. The molecule has 0 saturated carbocycles. The van der Waals surface area contributed by atoms with Gasteiger partial charge in [-0.1, -0.05) is 0 Å². The minimum atomic E-state index is -4.63. The average molecular weight is 214 g/mol. The fraction of sp³-hybridized carbons (Fsp3) is 0.800. The van der Waals surface area contributed by atoms with Crippen LogP contribution in [0.15, 0.2) is 0 Å². The quantitative estimate of drug-likeness (QED) is 0.421. The van der Waals surface area contributed by atoms with Gasteiger partial charge >= 0.3 is 13.6 Å². The second-order valence-electron chi connectivity index (χ2n) is 2.71. The van der Waals surface area contributed by atoms with E-state index in [0.717, 1.165) is 0 Å². The standard InChI is InChI=1S/C3H9N.C2H6NO5P/c1-4(2)3;3-1(2(4)5)9(6,7)8/h1-3H3;1H,3H2,(H,4,5)(H2,6,7,8). The minimum Gasteiger partial charge on any atom is -0.480 e. The van der Waals surface area contributed by atoms with Crippen molar-refractivity contribution in [1.29, 1.82) is 0 Å². The monoisotopic (exact) mass is 214 g/mol. The van der Waals surface area contributed by atoms with Gasteiger partial charge in [-0.3, -0.25) is 4.57 Å². The van der Waals surface area contributed by atoms with Crippen LogP contribution in [-0.4, -0.2) is 52.7 Å². The normalized spacial score (nSPS) is 13.2. The van der Waals surface area contributed by atoms with E-state index in [1.807, 2.05) is 26.0 Å². The first-order valence-electron chi connectivity index (χ1n) is 3.23. The molecule has 0 amide bonds. The third kappa shape index (κ3) is 11.5. The highest BCUT2D eigenvalue weighted by atomic mass is 31.2. The van der Waals surface area contributed by atoms with Crippen molar-refractivity contribution in [2.75, 3.05) is 21.1 Å². The largest absolute Gasteiger partial charge is 0.480 e. The first kappa shape index (κ1) is 15.0. The molecule has 1 unspecified atom stereocenters. The molecule has 80 valence electrons. The molecule has 8 heteroatoms. The van der Waals surface area contributed by atoms with Crippen molar-refractivity contribution >= 4 is 13.6 Å². The Balaban J connectivity index is 0. The third-order valence-electron chi connectivity index (χ3n) is 0.615. The highest BCUT2D eigenvalue weighted by Gasteiger charge is 2.31. The topological polar surface area (TPSA) is 124 Å². The molecule has 0 saturated heterocycles. The van der Waals surface area contributed by atoms with Gasteiger partial charge in [0.05, 0.1) is 0 Å². The minimum absolute atomic E-state index is 1.71. The van der Waals surface area contributed by atoms with Crippen molar-refractivity contribution in [2.45, 2.75) is 5.78 Å². The van der Waals surface area contributed by atoms with E-state index in [4.69, 9.17) is 14.9 Å². The summed E-state index contributed by atoms with van der Waals surface area (Å²) in [5, 5.41) is 7.90. The summed E-state index contributed by atoms with van der Waals surface area (Å²) < 4.78 is 9.96. The fourth-order valence-corrected chi connectivity index (χ4v) is 0.432. The number of rotatable bonds is 2. The summed E-state index contributed by atoms with van der Waals surface area (Å²) in [6.07, 6.45) is 0. The van der Waals surface area contributed by atoms with E-state index >= 15 is 0 Å². The molecule has 0 aromatic carbocycles. The lowest BCUT2D eigenvalue weighted by Gasteiger charge is -2.06. The lowest BCUT2D eigenvalue weighted by molar-refractivity contribution is -0.136. The van der Waals surface area contributed by atoms with E-state index in [9.17, 15) is 9.36 Å². The van der Waals surface area contributed by atoms with Gasteiger partial charge in [-0.2, -0.15) is 0 Å². The van der Waals surface area contributed by atoms with Gasteiger partial charge in [-0.25, -0.2) is 4.79 Å². The summed E-state index contributed by atoms with van der Waals surface area (Å²) in [5.41, 5.74) is 4.53. The Morgan fingerprint density at radius 1 is 1.38 bits per heavy atom. The summed E-state index contributed by atoms with van der Waals surface area (Å²) in [5.74, 6) is -3.80. The van der Waals surface area contributed by atoms with Gasteiger partial charge in [0.25, 0.3) is 0 Å². The van der Waals surface area contributed by atoms with Crippen molar-refractivity contribution in [3.05, 3.63) is 0 Å². The molecule has 13 heavy (non-hydrogen) atoms. The van der Waals surface area contributed by atoms with Crippen LogP contribution in [0.2, 0.25) is 0 Å². The smallest absolute Gasteiger partial charge is 0.353 e. The fourth-order valence-electron chi connectivity index (χ4n) is 0.144. The van der Waals surface area contributed by atoms with Crippen LogP contribution in [0.4, 0.5) is 0 Å². The lowest BCUT2D eigenvalue weighted by Crippen LogP contribution is -2.29. The van der Waals surface area contributed by atoms with Crippen LogP contribution in [-0.2, 0) is 9.36 Å². The first-order valence-corrected chi connectivity index (χ1v) is 4.91. The third-order valence-corrected chi connectivity index (χ3v) is 1.56. The Hall–Kier alpha value is -0.460. The van der Waals surface area contributed by atoms with Gasteiger partial charge in [0.1, 0.15) is 0 Å². The summed E-state index contributed by atoms with van der Waals surface area (Å²) in [6, 6.07) is 0. The van der Waals surface area contributed by atoms with Crippen molar-refractivity contribution in [3.63, 3.8) is 0 Å². The Kier molecular flexibility index (Phi) is 7.01. The van der Waals surface area contributed by atoms with Crippen molar-refractivity contribution < 1.29 is 24.3 Å². The van der Waals surface area contributed by atoms with Gasteiger partial charge in [-0.05, 0) is 21.1 Å². The van der Waals surface area contributed by atoms with Crippen LogP contribution < -0.4 is 5.73 Å². The molecule has 0 spiro atoms. The zero-order chi connectivity index (χ0) is 11.2. The van der Waals surface area contributed by atoms with Crippen molar-refractivity contribution in [1.82, 2.24) is 4.90 Å². The molecule has 0 aliphatic carbocycles. The second-order valence-corrected chi connectivity index (χ2v) is 4.45. The Bertz CT molecular complexity index is 198. The molecule has 0 aliphatic heterocycles. The number of carboxylic acid groups (broad SMARTS) is 1. The van der Waals surface area contributed by atoms with Crippen LogP contribution in [0.3, 0.4) is 0 Å². The zero-order valence-corrected chi connectivity index (χ0v) is 8.60. The van der Waals surface area contributed by atoms with Crippen molar-refractivity contribution in [3.8, 4) is 0 Å². The second kappa shape index (κ2) is 6.06. The molecule has 0 aromatic heterocycles. The van der Waals surface area contributed by atoms with Crippen molar-refractivity contribution in [2.24, 2.45) is 5.73 Å². The predicted octanol–water partition coefficient (Wildman–Crippen LogP) is -1.29. The number of aliphatic carboxylic acids is 1. The number of nitrogens with zero attached hydrogens (tertiary/aromatic N) is 1. The summed E-state index contributed by atoms with van der Waals surface area (Å²) >= 11 is 0. The van der Waals surface area contributed by atoms with Gasteiger partial charge in [0.2, 0.25) is 5.78 Å². The number of carboxylic acids is 1. The predicted molar refractivity (Wildman–Crippen MR) is 47.3 cm³/mol. The molecular formula is C5H15N2O5P. The van der Waals surface area contributed by atoms with Crippen LogP contribution in [0.25, 0.3) is 0 Å². The van der Waals surface area contributed by atoms with E-state index in [0.29, 0.717) is 0 Å². The number of nitrogens with two attached hydrogens (primary N) is 1. The maximum atomic E-state index is 9.96. The summed E-state index contributed by atoms with van der Waals surface area (Å²) in [6.45, 7) is 0. The molecule has 5 N–H and O–H groups in total. The van der Waals surface area contributed by atoms with Gasteiger partial charge in [-0.15, -0.1) is 0 Å². The van der Waals surface area contributed by atoms with E-state index in [-0.39, 0.29) is 0 Å². The lowest BCUT2D eigenvalue weighted by atomic mass is 10.7.